The second-order valence-electron chi connectivity index (χ2n) is 5.23. The van der Waals surface area contributed by atoms with Crippen LogP contribution in [0.2, 0.25) is 0 Å². The number of nitrogens with two attached hydrogens (primary N) is 1. The summed E-state index contributed by atoms with van der Waals surface area (Å²) in [5.74, 6) is 1.13. The highest BCUT2D eigenvalue weighted by molar-refractivity contribution is 5.85. The van der Waals surface area contributed by atoms with Gasteiger partial charge in [0, 0.05) is 17.6 Å². The fraction of sp³-hybridized carbons (Fsp3) is 0.500. The van der Waals surface area contributed by atoms with Gasteiger partial charge >= 0.3 is 0 Å². The smallest absolute Gasteiger partial charge is 0.144 e. The number of anilines is 1. The molecule has 0 spiro atoms. The summed E-state index contributed by atoms with van der Waals surface area (Å²) >= 11 is 0. The Hall–Kier alpha value is -1.91. The van der Waals surface area contributed by atoms with Crippen LogP contribution in [0.4, 0.5) is 5.69 Å². The number of amidine groups is 1. The van der Waals surface area contributed by atoms with E-state index in [1.807, 2.05) is 39.0 Å². The molecule has 0 unspecified atom stereocenters. The van der Waals surface area contributed by atoms with Crippen LogP contribution >= 0.6 is 0 Å². The molecule has 4 N–H and O–H groups in total. The molecule has 1 rings (SSSR count). The van der Waals surface area contributed by atoms with E-state index >= 15 is 0 Å². The first-order chi connectivity index (χ1) is 8.90. The van der Waals surface area contributed by atoms with Crippen molar-refractivity contribution in [2.24, 2.45) is 16.3 Å². The average Bonchev–Trinajstić information content (AvgIpc) is 2.37. The van der Waals surface area contributed by atoms with Crippen LogP contribution < -0.4 is 15.8 Å². The molecule has 0 aliphatic heterocycles. The van der Waals surface area contributed by atoms with Crippen LogP contribution in [0.25, 0.3) is 0 Å². The van der Waals surface area contributed by atoms with E-state index in [0.29, 0.717) is 0 Å². The quantitative estimate of drug-likeness (QED) is 0.320. The summed E-state index contributed by atoms with van der Waals surface area (Å²) in [6, 6.07) is 5.95. The van der Waals surface area contributed by atoms with E-state index < -0.39 is 0 Å². The number of methoxy groups -OCH3 is 1. The number of hydrogen-bond donors (Lipinski definition) is 3. The van der Waals surface area contributed by atoms with Crippen molar-refractivity contribution in [3.63, 3.8) is 0 Å². The maximum atomic E-state index is 8.71. The molecule has 0 atom stereocenters. The van der Waals surface area contributed by atoms with Crippen LogP contribution in [0.1, 0.15) is 25.8 Å². The highest BCUT2D eigenvalue weighted by Crippen LogP contribution is 2.23. The molecule has 19 heavy (non-hydrogen) atoms. The van der Waals surface area contributed by atoms with Gasteiger partial charge in [0.25, 0.3) is 0 Å². The molecule has 0 amide bonds. The van der Waals surface area contributed by atoms with Crippen LogP contribution in [0.5, 0.6) is 5.75 Å². The predicted octanol–water partition coefficient (Wildman–Crippen LogP) is 2.58. The van der Waals surface area contributed by atoms with Crippen molar-refractivity contribution >= 4 is 11.5 Å². The molecule has 0 heterocycles. The summed E-state index contributed by atoms with van der Waals surface area (Å²) in [7, 11) is 1.66. The summed E-state index contributed by atoms with van der Waals surface area (Å²) in [5, 5.41) is 15.1. The van der Waals surface area contributed by atoms with Gasteiger partial charge in [0.1, 0.15) is 11.6 Å². The van der Waals surface area contributed by atoms with Crippen molar-refractivity contribution in [3.8, 4) is 5.75 Å². The van der Waals surface area contributed by atoms with Gasteiger partial charge in [0.05, 0.1) is 7.11 Å². The molecule has 0 aliphatic rings. The van der Waals surface area contributed by atoms with E-state index in [0.717, 1.165) is 30.0 Å². The first-order valence-electron chi connectivity index (χ1n) is 6.27. The number of nitrogens with zero attached hydrogens (tertiary/aromatic N) is 1. The molecular weight excluding hydrogens is 242 g/mol. The lowest BCUT2D eigenvalue weighted by molar-refractivity contribution is 0.306. The molecule has 0 radical (unpaired) electrons. The van der Waals surface area contributed by atoms with E-state index in [1.54, 1.807) is 7.11 Å². The molecule has 5 heteroatoms. The summed E-state index contributed by atoms with van der Waals surface area (Å²) in [5.41, 5.74) is 7.44. The van der Waals surface area contributed by atoms with E-state index in [-0.39, 0.29) is 11.3 Å². The molecule has 0 fully saturated rings. The fourth-order valence-corrected chi connectivity index (χ4v) is 1.77. The van der Waals surface area contributed by atoms with Gasteiger partial charge in [-0.1, -0.05) is 19.0 Å². The molecule has 1 aromatic rings. The number of hydrogen-bond acceptors (Lipinski definition) is 4. The molecule has 0 aliphatic carbocycles. The van der Waals surface area contributed by atoms with Gasteiger partial charge in [-0.15, -0.1) is 0 Å². The van der Waals surface area contributed by atoms with Crippen LogP contribution in [0.15, 0.2) is 23.4 Å². The zero-order chi connectivity index (χ0) is 14.5. The molecule has 0 aromatic heterocycles. The van der Waals surface area contributed by atoms with Crippen LogP contribution in [-0.2, 0) is 0 Å². The number of oxime groups is 1. The van der Waals surface area contributed by atoms with Crippen molar-refractivity contribution in [2.45, 2.75) is 27.2 Å². The average molecular weight is 265 g/mol. The van der Waals surface area contributed by atoms with Gasteiger partial charge in [-0.2, -0.15) is 0 Å². The number of benzene rings is 1. The van der Waals surface area contributed by atoms with Crippen LogP contribution in [0.3, 0.4) is 0 Å². The highest BCUT2D eigenvalue weighted by atomic mass is 16.5. The maximum absolute atomic E-state index is 8.71. The van der Waals surface area contributed by atoms with Gasteiger partial charge in [0.15, 0.2) is 0 Å². The van der Waals surface area contributed by atoms with Gasteiger partial charge < -0.3 is 21.0 Å². The third kappa shape index (κ3) is 4.05. The summed E-state index contributed by atoms with van der Waals surface area (Å²) < 4.78 is 5.22. The second-order valence-corrected chi connectivity index (χ2v) is 5.23. The molecule has 0 bridgehead atoms. The molecular formula is C14H23N3O2. The predicted molar refractivity (Wildman–Crippen MR) is 78.0 cm³/mol. The minimum absolute atomic E-state index is 0.250. The largest absolute Gasteiger partial charge is 0.496 e. The molecule has 5 nitrogen and oxygen atoms in total. The Morgan fingerprint density at radius 3 is 2.68 bits per heavy atom. The first-order valence-corrected chi connectivity index (χ1v) is 6.27. The SMILES string of the molecule is COc1ccc(NCCC(C)(C)C(N)=NO)cc1C. The molecule has 106 valence electrons. The van der Waals surface area contributed by atoms with Crippen molar-refractivity contribution in [1.82, 2.24) is 0 Å². The standard InChI is InChI=1S/C14H23N3O2/c1-10-9-11(5-6-12(10)19-4)16-8-7-14(2,3)13(15)17-18/h5-6,9,16,18H,7-8H2,1-4H3,(H2,15,17). The van der Waals surface area contributed by atoms with Crippen molar-refractivity contribution in [1.29, 1.82) is 0 Å². The monoisotopic (exact) mass is 265 g/mol. The number of nitrogens with one attached hydrogen (secondary N) is 1. The normalized spacial score (nSPS) is 12.3. The van der Waals surface area contributed by atoms with Gasteiger partial charge in [0.2, 0.25) is 0 Å². The van der Waals surface area contributed by atoms with E-state index in [2.05, 4.69) is 10.5 Å². The maximum Gasteiger partial charge on any atom is 0.144 e. The molecule has 0 saturated carbocycles. The summed E-state index contributed by atoms with van der Waals surface area (Å²) in [6.45, 7) is 6.64. The minimum Gasteiger partial charge on any atom is -0.496 e. The van der Waals surface area contributed by atoms with Crippen LogP contribution in [-0.4, -0.2) is 24.7 Å². The minimum atomic E-state index is -0.330. The zero-order valence-electron chi connectivity index (χ0n) is 12.0. The Bertz CT molecular complexity index is 456. The fourth-order valence-electron chi connectivity index (χ4n) is 1.77. The summed E-state index contributed by atoms with van der Waals surface area (Å²) in [4.78, 5) is 0. The number of aryl methyl sites for hydroxylation is 1. The lowest BCUT2D eigenvalue weighted by atomic mass is 9.88. The zero-order valence-corrected chi connectivity index (χ0v) is 12.0. The number of ether oxygens (including phenoxy) is 1. The molecule has 0 saturated heterocycles. The van der Waals surface area contributed by atoms with Crippen LogP contribution in [0, 0.1) is 12.3 Å². The Labute approximate surface area is 114 Å². The highest BCUT2D eigenvalue weighted by Gasteiger charge is 2.22. The van der Waals surface area contributed by atoms with Crippen molar-refractivity contribution in [3.05, 3.63) is 23.8 Å². The first kappa shape index (κ1) is 15.1. The van der Waals surface area contributed by atoms with Crippen molar-refractivity contribution < 1.29 is 9.94 Å². The lowest BCUT2D eigenvalue weighted by Crippen LogP contribution is -2.33. The van der Waals surface area contributed by atoms with E-state index in [9.17, 15) is 0 Å². The Morgan fingerprint density at radius 2 is 2.16 bits per heavy atom. The molecule has 1 aromatic carbocycles. The third-order valence-corrected chi connectivity index (χ3v) is 3.28. The Kier molecular flexibility index (Phi) is 5.03. The Balaban J connectivity index is 2.56. The van der Waals surface area contributed by atoms with E-state index in [1.165, 1.54) is 0 Å². The second kappa shape index (κ2) is 6.31. The lowest BCUT2D eigenvalue weighted by Gasteiger charge is -2.23. The van der Waals surface area contributed by atoms with Gasteiger partial charge in [-0.3, -0.25) is 0 Å². The summed E-state index contributed by atoms with van der Waals surface area (Å²) in [6.07, 6.45) is 0.772. The number of rotatable bonds is 6. The van der Waals surface area contributed by atoms with Crippen molar-refractivity contribution in [2.75, 3.05) is 19.0 Å². The van der Waals surface area contributed by atoms with E-state index in [4.69, 9.17) is 15.7 Å². The third-order valence-electron chi connectivity index (χ3n) is 3.28. The topological polar surface area (TPSA) is 79.9 Å². The Morgan fingerprint density at radius 1 is 1.47 bits per heavy atom. The van der Waals surface area contributed by atoms with Gasteiger partial charge in [-0.25, -0.2) is 0 Å². The van der Waals surface area contributed by atoms with Gasteiger partial charge in [-0.05, 0) is 37.1 Å².